The zero-order chi connectivity index (χ0) is 53.3. The Kier molecular flexibility index (Phi) is 15.9. The van der Waals surface area contributed by atoms with Crippen LogP contribution < -0.4 is 5.32 Å². The molecular weight excluding hydrogens is 978 g/mol. The number of Topliss-reactive ketones (excluding diaryl/α,β-unsaturated/α-hetero) is 1. The number of fused-ring (bicyclic) bond motifs is 5. The second-order valence-electron chi connectivity index (χ2n) is 19.0. The molecule has 3 fully saturated rings. The number of esters is 4. The highest BCUT2D eigenvalue weighted by atomic mass is 31.2. The third-order valence-electron chi connectivity index (χ3n) is 14.4. The van der Waals surface area contributed by atoms with E-state index in [0.29, 0.717) is 0 Å². The van der Waals surface area contributed by atoms with Gasteiger partial charge in [0.2, 0.25) is 6.10 Å². The average molecular weight is 1040 g/mol. The summed E-state index contributed by atoms with van der Waals surface area (Å²) in [4.78, 5) is 119. The molecule has 1 saturated heterocycles. The van der Waals surface area contributed by atoms with Crippen molar-refractivity contribution in [1.29, 1.82) is 0 Å². The number of rotatable bonds is 16. The molecule has 1 aliphatic heterocycles. The van der Waals surface area contributed by atoms with Gasteiger partial charge < -0.3 is 58.1 Å². The van der Waals surface area contributed by atoms with E-state index in [0.717, 1.165) is 13.8 Å². The van der Waals surface area contributed by atoms with Crippen LogP contribution in [0, 0.1) is 16.7 Å². The fraction of sp³-hybridized carbons (Fsp3) is 0.471. The van der Waals surface area contributed by atoms with E-state index in [1.807, 2.05) is 0 Å². The van der Waals surface area contributed by atoms with Gasteiger partial charge >= 0.3 is 37.9 Å². The molecule has 3 aromatic carbocycles. The highest BCUT2D eigenvalue weighted by molar-refractivity contribution is 7.46. The lowest BCUT2D eigenvalue weighted by Gasteiger charge is -2.67. The molecule has 22 heteroatoms. The highest BCUT2D eigenvalue weighted by Gasteiger charge is 2.79. The van der Waals surface area contributed by atoms with Crippen LogP contribution in [-0.2, 0) is 66.2 Å². The Morgan fingerprint density at radius 2 is 1.45 bits per heavy atom. The number of ketones is 1. The van der Waals surface area contributed by atoms with Gasteiger partial charge in [-0.3, -0.25) is 23.7 Å². The van der Waals surface area contributed by atoms with Crippen molar-refractivity contribution in [3.63, 3.8) is 0 Å². The summed E-state index contributed by atoms with van der Waals surface area (Å²) in [6, 6.07) is 22.1. The van der Waals surface area contributed by atoms with Crippen LogP contribution in [0.4, 0.5) is 4.79 Å². The number of hydrogen-bond donors (Lipinski definition) is 4. The normalized spacial score (nSPS) is 28.9. The van der Waals surface area contributed by atoms with Crippen molar-refractivity contribution in [2.75, 3.05) is 20.0 Å². The molecule has 4 aliphatic rings. The van der Waals surface area contributed by atoms with Crippen molar-refractivity contribution in [3.05, 3.63) is 119 Å². The number of carbonyl (C=O) groups is 7. The molecule has 3 aromatic rings. The van der Waals surface area contributed by atoms with E-state index < -0.39 is 140 Å². The van der Waals surface area contributed by atoms with Crippen molar-refractivity contribution in [2.45, 2.75) is 115 Å². The van der Waals surface area contributed by atoms with Crippen LogP contribution in [0.5, 0.6) is 0 Å². The van der Waals surface area contributed by atoms with Gasteiger partial charge in [0.05, 0.1) is 36.2 Å². The molecule has 1 heterocycles. The van der Waals surface area contributed by atoms with E-state index >= 15 is 9.59 Å². The fourth-order valence-electron chi connectivity index (χ4n) is 10.9. The first-order valence-corrected chi connectivity index (χ1v) is 24.9. The standard InChI is InChI=1S/C51H58NO20P/c1-8-64-47(59)70-40(38(31-18-12-9-13-19-31)52-44(56)32-20-14-10-15-21-32)46(58)69-34-25-51(60)43(71-45(57)33-22-16-11-17-23-33)41-49(7,42(55)39(68-29(3)53)37(28(34)2)48(51,5)6)35(66-27-67-73(61,62)63)24-36-50(41,26-65-36)72-30(4)54/h9-23,34-36,38-41,43,60H,8,24-27H2,1-7H3,(H,52,56)(H2,61,62,63)/t34?,35?,36?,38?,39?,40?,41?,43?,49-,50?,51?/m1/s1. The quantitative estimate of drug-likeness (QED) is 0.0482. The number of hydrogen-bond acceptors (Lipinski definition) is 18. The van der Waals surface area contributed by atoms with Gasteiger partial charge in [0, 0.05) is 37.7 Å². The SMILES string of the molecule is CCOC(=O)OC(C(=O)OC1CC2(O)C(OC(=O)c3ccccc3)C3C4(OC(C)=O)COC4CC(OCOP(=O)(O)O)[C@@]3(C)C(=O)C(OC(C)=O)C(=C1C)C2(C)C)C(NC(=O)c1ccccc1)c1ccccc1. The predicted octanol–water partition coefficient (Wildman–Crippen LogP) is 5.01. The first-order chi connectivity index (χ1) is 34.4. The number of phosphoric ester groups is 1. The van der Waals surface area contributed by atoms with Crippen LogP contribution in [0.1, 0.15) is 93.6 Å². The summed E-state index contributed by atoms with van der Waals surface area (Å²) >= 11 is 0. The van der Waals surface area contributed by atoms with Crippen molar-refractivity contribution >= 4 is 49.5 Å². The summed E-state index contributed by atoms with van der Waals surface area (Å²) in [5.41, 5.74) is -8.19. The lowest BCUT2D eigenvalue weighted by atomic mass is 9.44. The molecule has 4 N–H and O–H groups in total. The smallest absolute Gasteiger partial charge is 0.455 e. The zero-order valence-corrected chi connectivity index (χ0v) is 41.9. The van der Waals surface area contributed by atoms with E-state index in [1.165, 1.54) is 58.9 Å². The highest BCUT2D eigenvalue weighted by Crippen LogP contribution is 2.65. The van der Waals surface area contributed by atoms with E-state index in [4.69, 9.17) is 37.9 Å². The first kappa shape index (κ1) is 54.5. The minimum absolute atomic E-state index is 0.0208. The molecule has 3 aliphatic carbocycles. The van der Waals surface area contributed by atoms with Gasteiger partial charge in [-0.25, -0.2) is 18.9 Å². The molecule has 0 aromatic heterocycles. The minimum atomic E-state index is -5.19. The number of phosphoric acid groups is 1. The lowest BCUT2D eigenvalue weighted by molar-refractivity contribution is -0.350. The molecular formula is C51H58NO20P. The number of ether oxygens (including phenoxy) is 8. The maximum Gasteiger partial charge on any atom is 0.509 e. The Labute approximate surface area is 420 Å². The molecule has 0 radical (unpaired) electrons. The van der Waals surface area contributed by atoms with Crippen LogP contribution in [-0.4, -0.2) is 124 Å². The van der Waals surface area contributed by atoms with Gasteiger partial charge in [-0.2, -0.15) is 0 Å². The minimum Gasteiger partial charge on any atom is -0.455 e. The number of carbonyl (C=O) groups excluding carboxylic acids is 7. The second kappa shape index (κ2) is 21.3. The molecule has 1 amide bonds. The maximum atomic E-state index is 16.1. The second-order valence-corrected chi connectivity index (χ2v) is 20.2. The van der Waals surface area contributed by atoms with Gasteiger partial charge in [-0.1, -0.05) is 80.6 Å². The van der Waals surface area contributed by atoms with Gasteiger partial charge in [-0.05, 0) is 61.7 Å². The Bertz CT molecular complexity index is 2680. The molecule has 2 saturated carbocycles. The topological polar surface area (TPSA) is 292 Å². The Hall–Kier alpha value is -6.32. The van der Waals surface area contributed by atoms with Crippen LogP contribution in [0.15, 0.2) is 102 Å². The molecule has 2 bridgehead atoms. The monoisotopic (exact) mass is 1040 g/mol. The van der Waals surface area contributed by atoms with Gasteiger partial charge in [0.1, 0.15) is 30.0 Å². The summed E-state index contributed by atoms with van der Waals surface area (Å²) in [6.45, 7) is 7.68. The van der Waals surface area contributed by atoms with Crippen LogP contribution in [0.3, 0.4) is 0 Å². The van der Waals surface area contributed by atoms with Crippen molar-refractivity contribution < 1.29 is 95.4 Å². The van der Waals surface area contributed by atoms with Crippen molar-refractivity contribution in [2.24, 2.45) is 16.7 Å². The van der Waals surface area contributed by atoms with Crippen molar-refractivity contribution in [1.82, 2.24) is 5.32 Å². The summed E-state index contributed by atoms with van der Waals surface area (Å²) in [6.07, 6.45) is -12.7. The van der Waals surface area contributed by atoms with E-state index in [1.54, 1.807) is 66.7 Å². The Morgan fingerprint density at radius 3 is 2.00 bits per heavy atom. The summed E-state index contributed by atoms with van der Waals surface area (Å²) in [5, 5.41) is 16.8. The molecule has 7 rings (SSSR count). The fourth-order valence-corrected chi connectivity index (χ4v) is 11.1. The molecule has 10 unspecified atom stereocenters. The third kappa shape index (κ3) is 10.6. The van der Waals surface area contributed by atoms with Gasteiger partial charge in [0.25, 0.3) is 5.91 Å². The Balaban J connectivity index is 1.45. The van der Waals surface area contributed by atoms with Gasteiger partial charge in [0.15, 0.2) is 24.3 Å². The Morgan fingerprint density at radius 1 is 0.849 bits per heavy atom. The predicted molar refractivity (Wildman–Crippen MR) is 250 cm³/mol. The number of benzene rings is 3. The zero-order valence-electron chi connectivity index (χ0n) is 41.0. The van der Waals surface area contributed by atoms with Crippen LogP contribution in [0.2, 0.25) is 0 Å². The lowest BCUT2D eigenvalue weighted by Crippen LogP contribution is -2.82. The molecule has 73 heavy (non-hydrogen) atoms. The number of aliphatic hydroxyl groups is 1. The van der Waals surface area contributed by atoms with E-state index in [-0.39, 0.29) is 40.9 Å². The van der Waals surface area contributed by atoms with Crippen LogP contribution >= 0.6 is 7.82 Å². The maximum absolute atomic E-state index is 16.1. The molecule has 392 valence electrons. The molecule has 21 nitrogen and oxygen atoms in total. The summed E-state index contributed by atoms with van der Waals surface area (Å²) in [7, 11) is -5.19. The van der Waals surface area contributed by atoms with E-state index in [9.17, 15) is 43.4 Å². The summed E-state index contributed by atoms with van der Waals surface area (Å²) in [5.74, 6) is -7.58. The van der Waals surface area contributed by atoms with Gasteiger partial charge in [-0.15, -0.1) is 0 Å². The largest absolute Gasteiger partial charge is 0.509 e. The number of amides is 1. The molecule has 0 spiro atoms. The van der Waals surface area contributed by atoms with Crippen LogP contribution in [0.25, 0.3) is 0 Å². The number of nitrogens with one attached hydrogen (secondary N) is 1. The summed E-state index contributed by atoms with van der Waals surface area (Å²) < 4.78 is 64.3. The van der Waals surface area contributed by atoms with E-state index in [2.05, 4.69) is 9.84 Å². The molecule has 11 atom stereocenters. The first-order valence-electron chi connectivity index (χ1n) is 23.4. The third-order valence-corrected chi connectivity index (χ3v) is 14.8. The van der Waals surface area contributed by atoms with Crippen molar-refractivity contribution in [3.8, 4) is 0 Å². The average Bonchev–Trinajstić information content (AvgIpc) is 3.33.